The predicted octanol–water partition coefficient (Wildman–Crippen LogP) is 6.63. The zero-order chi connectivity index (χ0) is 25.3. The van der Waals surface area contributed by atoms with Gasteiger partial charge in [0.25, 0.3) is 0 Å². The molecule has 0 radical (unpaired) electrons. The number of ketones is 1. The van der Waals surface area contributed by atoms with Gasteiger partial charge in [-0.2, -0.15) is 0 Å². The van der Waals surface area contributed by atoms with Crippen LogP contribution in [0.3, 0.4) is 0 Å². The monoisotopic (exact) mass is 498 g/mol. The number of para-hydroxylation sites is 3. The maximum atomic E-state index is 13.7. The third kappa shape index (κ3) is 4.91. The van der Waals surface area contributed by atoms with E-state index in [1.54, 1.807) is 23.9 Å². The van der Waals surface area contributed by atoms with E-state index in [-0.39, 0.29) is 23.7 Å². The van der Waals surface area contributed by atoms with E-state index in [1.165, 1.54) is 0 Å². The Balaban J connectivity index is 1.64. The normalized spacial score (nSPS) is 18.6. The molecule has 0 bridgehead atoms. The summed E-state index contributed by atoms with van der Waals surface area (Å²) in [7, 11) is 0. The molecule has 1 unspecified atom stereocenters. The van der Waals surface area contributed by atoms with Crippen LogP contribution >= 0.6 is 11.8 Å². The second-order valence-electron chi connectivity index (χ2n) is 10.1. The van der Waals surface area contributed by atoms with Crippen molar-refractivity contribution in [3.05, 3.63) is 95.7 Å². The first-order valence-electron chi connectivity index (χ1n) is 12.1. The van der Waals surface area contributed by atoms with Gasteiger partial charge in [-0.25, -0.2) is 4.79 Å². The van der Waals surface area contributed by atoms with Gasteiger partial charge in [0.15, 0.2) is 5.78 Å². The number of hydrogen-bond donors (Lipinski definition) is 1. The number of anilines is 2. The lowest BCUT2D eigenvalue weighted by molar-refractivity contribution is -0.133. The van der Waals surface area contributed by atoms with Crippen LogP contribution in [-0.4, -0.2) is 24.6 Å². The number of esters is 1. The maximum absolute atomic E-state index is 13.7. The van der Waals surface area contributed by atoms with Gasteiger partial charge in [0, 0.05) is 22.6 Å². The zero-order valence-corrected chi connectivity index (χ0v) is 21.6. The second-order valence-corrected chi connectivity index (χ2v) is 10.9. The summed E-state index contributed by atoms with van der Waals surface area (Å²) in [5.41, 5.74) is 4.23. The molecule has 0 spiro atoms. The van der Waals surface area contributed by atoms with Crippen LogP contribution in [-0.2, 0) is 9.59 Å². The van der Waals surface area contributed by atoms with Crippen molar-refractivity contribution >= 4 is 34.9 Å². The van der Waals surface area contributed by atoms with Gasteiger partial charge < -0.3 is 15.0 Å². The van der Waals surface area contributed by atoms with Crippen LogP contribution in [0.1, 0.15) is 38.3 Å². The van der Waals surface area contributed by atoms with E-state index in [0.29, 0.717) is 12.2 Å². The van der Waals surface area contributed by atoms with Gasteiger partial charge in [-0.1, -0.05) is 56.3 Å². The predicted molar refractivity (Wildman–Crippen MR) is 145 cm³/mol. The van der Waals surface area contributed by atoms with E-state index < -0.39 is 6.04 Å². The smallest absolute Gasteiger partial charge is 0.330 e. The van der Waals surface area contributed by atoms with Crippen LogP contribution < -0.4 is 15.0 Å². The average molecular weight is 499 g/mol. The lowest BCUT2D eigenvalue weighted by Gasteiger charge is -2.37. The first kappa shape index (κ1) is 24.2. The molecule has 6 heteroatoms. The molecule has 0 aromatic heterocycles. The Labute approximate surface area is 216 Å². The van der Waals surface area contributed by atoms with Gasteiger partial charge in [-0.3, -0.25) is 4.79 Å². The van der Waals surface area contributed by atoms with Crippen molar-refractivity contribution < 1.29 is 14.3 Å². The van der Waals surface area contributed by atoms with Crippen LogP contribution in [0.15, 0.2) is 95.0 Å². The Kier molecular flexibility index (Phi) is 6.63. The van der Waals surface area contributed by atoms with Crippen molar-refractivity contribution in [2.45, 2.75) is 37.6 Å². The summed E-state index contributed by atoms with van der Waals surface area (Å²) in [6, 6.07) is 24.9. The van der Waals surface area contributed by atoms with Gasteiger partial charge in [0.1, 0.15) is 12.3 Å². The number of ether oxygens (including phenoxy) is 1. The van der Waals surface area contributed by atoms with Crippen molar-refractivity contribution in [2.24, 2.45) is 5.41 Å². The Bertz CT molecular complexity index is 1320. The molecule has 0 fully saturated rings. The molecule has 5 rings (SSSR count). The van der Waals surface area contributed by atoms with Crippen LogP contribution in [0.5, 0.6) is 5.75 Å². The van der Waals surface area contributed by atoms with Gasteiger partial charge in [0.2, 0.25) is 0 Å². The number of benzene rings is 3. The molecular weight excluding hydrogens is 468 g/mol. The standard InChI is InChI=1S/C30H30N2O3S/c1-30(2)17-24-28(26(33)18-30)29(20-13-15-22(36-3)16-14-20)32(25-12-8-7-11-23(25)31-24)19-27(34)35-21-9-5-4-6-10-21/h4-16,29,31H,17-19H2,1-3H3. The molecule has 0 amide bonds. The number of hydrogen-bond acceptors (Lipinski definition) is 6. The number of fused-ring (bicyclic) bond motifs is 1. The van der Waals surface area contributed by atoms with Crippen molar-refractivity contribution in [3.8, 4) is 5.75 Å². The number of carbonyl (C=O) groups is 2. The number of nitrogens with zero attached hydrogens (tertiary/aromatic N) is 1. The molecule has 184 valence electrons. The minimum Gasteiger partial charge on any atom is -0.425 e. The lowest BCUT2D eigenvalue weighted by atomic mass is 9.73. The Hall–Kier alpha value is -3.51. The highest BCUT2D eigenvalue weighted by atomic mass is 32.2. The van der Waals surface area contributed by atoms with E-state index in [9.17, 15) is 9.59 Å². The number of allylic oxidation sites excluding steroid dienone is 1. The van der Waals surface area contributed by atoms with Crippen molar-refractivity contribution in [1.29, 1.82) is 0 Å². The Morgan fingerprint density at radius 3 is 2.42 bits per heavy atom. The van der Waals surface area contributed by atoms with Gasteiger partial charge in [-0.15, -0.1) is 11.8 Å². The summed E-state index contributed by atoms with van der Waals surface area (Å²) in [5.74, 6) is 0.233. The zero-order valence-electron chi connectivity index (χ0n) is 20.8. The first-order valence-corrected chi connectivity index (χ1v) is 13.4. The van der Waals surface area contributed by atoms with Gasteiger partial charge in [0.05, 0.1) is 17.4 Å². The highest BCUT2D eigenvalue weighted by molar-refractivity contribution is 7.98. The van der Waals surface area contributed by atoms with E-state index in [1.807, 2.05) is 53.6 Å². The SMILES string of the molecule is CSc1ccc(C2C3=C(CC(C)(C)CC3=O)Nc3ccccc3N2CC(=O)Oc2ccccc2)cc1. The maximum Gasteiger partial charge on any atom is 0.330 e. The third-order valence-corrected chi connectivity index (χ3v) is 7.45. The van der Waals surface area contributed by atoms with Crippen molar-refractivity contribution in [3.63, 3.8) is 0 Å². The summed E-state index contributed by atoms with van der Waals surface area (Å²) >= 11 is 1.67. The molecule has 1 atom stereocenters. The van der Waals surface area contributed by atoms with Crippen LogP contribution in [0.4, 0.5) is 11.4 Å². The fourth-order valence-corrected chi connectivity index (χ4v) is 5.56. The molecule has 2 aliphatic rings. The molecule has 3 aromatic carbocycles. The molecule has 0 saturated carbocycles. The largest absolute Gasteiger partial charge is 0.425 e. The first-order chi connectivity index (χ1) is 17.3. The molecule has 0 saturated heterocycles. The van der Waals surface area contributed by atoms with Gasteiger partial charge in [-0.05, 0) is 60.1 Å². The number of nitrogens with one attached hydrogen (secondary N) is 1. The Morgan fingerprint density at radius 1 is 1.00 bits per heavy atom. The minimum absolute atomic E-state index is 0.00398. The summed E-state index contributed by atoms with van der Waals surface area (Å²) < 4.78 is 5.68. The third-order valence-electron chi connectivity index (χ3n) is 6.71. The molecule has 1 heterocycles. The topological polar surface area (TPSA) is 58.6 Å². The van der Waals surface area contributed by atoms with Crippen LogP contribution in [0, 0.1) is 5.41 Å². The molecule has 1 aliphatic heterocycles. The second kappa shape index (κ2) is 9.86. The number of rotatable bonds is 5. The van der Waals surface area contributed by atoms with E-state index in [2.05, 4.69) is 43.4 Å². The number of Topliss-reactive ketones (excluding diaryl/α,β-unsaturated/α-hetero) is 1. The van der Waals surface area contributed by atoms with Crippen molar-refractivity contribution in [2.75, 3.05) is 23.0 Å². The van der Waals surface area contributed by atoms with Gasteiger partial charge >= 0.3 is 5.97 Å². The summed E-state index contributed by atoms with van der Waals surface area (Å²) in [4.78, 5) is 30.1. The quantitative estimate of drug-likeness (QED) is 0.242. The highest BCUT2D eigenvalue weighted by Crippen LogP contribution is 2.48. The lowest BCUT2D eigenvalue weighted by Crippen LogP contribution is -2.39. The number of carbonyl (C=O) groups excluding carboxylic acids is 2. The molecule has 36 heavy (non-hydrogen) atoms. The number of thioether (sulfide) groups is 1. The summed E-state index contributed by atoms with van der Waals surface area (Å²) in [6.45, 7) is 4.25. The van der Waals surface area contributed by atoms with Crippen molar-refractivity contribution in [1.82, 2.24) is 0 Å². The highest BCUT2D eigenvalue weighted by Gasteiger charge is 2.42. The van der Waals surface area contributed by atoms with Crippen LogP contribution in [0.2, 0.25) is 0 Å². The van der Waals surface area contributed by atoms with E-state index >= 15 is 0 Å². The fourth-order valence-electron chi connectivity index (χ4n) is 5.15. The Morgan fingerprint density at radius 2 is 1.69 bits per heavy atom. The fraction of sp³-hybridized carbons (Fsp3) is 0.267. The van der Waals surface area contributed by atoms with E-state index in [4.69, 9.17) is 4.74 Å². The summed E-state index contributed by atoms with van der Waals surface area (Å²) in [5, 5.41) is 3.58. The van der Waals surface area contributed by atoms with Crippen LogP contribution in [0.25, 0.3) is 0 Å². The molecular formula is C30H30N2O3S. The molecule has 5 nitrogen and oxygen atoms in total. The average Bonchev–Trinajstić information content (AvgIpc) is 2.98. The molecule has 3 aromatic rings. The molecule has 1 N–H and O–H groups in total. The minimum atomic E-state index is -0.418. The van der Waals surface area contributed by atoms with E-state index in [0.717, 1.165) is 39.5 Å². The summed E-state index contributed by atoms with van der Waals surface area (Å²) in [6.07, 6.45) is 3.26. The molecule has 1 aliphatic carbocycles.